The number of hydrogen-bond acceptors (Lipinski definition) is 5. The summed E-state index contributed by atoms with van der Waals surface area (Å²) < 4.78 is 5.70. The second-order valence-corrected chi connectivity index (χ2v) is 5.04. The van der Waals surface area contributed by atoms with Gasteiger partial charge in [-0.15, -0.1) is 4.74 Å². The van der Waals surface area contributed by atoms with Gasteiger partial charge < -0.3 is 9.42 Å². The zero-order valence-electron chi connectivity index (χ0n) is 11.4. The summed E-state index contributed by atoms with van der Waals surface area (Å²) in [6.07, 6.45) is 1.18. The maximum absolute atomic E-state index is 11.4. The summed E-state index contributed by atoms with van der Waals surface area (Å²) in [5, 5.41) is 0. The highest BCUT2D eigenvalue weighted by atomic mass is 16.5. The lowest BCUT2D eigenvalue weighted by Gasteiger charge is -2.28. The van der Waals surface area contributed by atoms with E-state index in [0.717, 1.165) is 29.1 Å². The van der Waals surface area contributed by atoms with Gasteiger partial charge in [0.15, 0.2) is 0 Å². The molecule has 21 heavy (non-hydrogen) atoms. The second-order valence-electron chi connectivity index (χ2n) is 5.04. The van der Waals surface area contributed by atoms with Crippen molar-refractivity contribution >= 4 is 11.5 Å². The van der Waals surface area contributed by atoms with Crippen molar-refractivity contribution in [3.63, 3.8) is 0 Å². The van der Waals surface area contributed by atoms with E-state index in [1.165, 1.54) is 0 Å². The van der Waals surface area contributed by atoms with Crippen LogP contribution in [-0.4, -0.2) is 28.6 Å². The van der Waals surface area contributed by atoms with Crippen molar-refractivity contribution in [2.24, 2.45) is 0 Å². The highest BCUT2D eigenvalue weighted by Crippen LogP contribution is 2.19. The number of rotatable bonds is 3. The van der Waals surface area contributed by atoms with E-state index in [9.17, 15) is 14.4 Å². The first kappa shape index (κ1) is 13.4. The molecular weight excluding hydrogens is 274 g/mol. The Labute approximate surface area is 119 Å². The molecule has 0 bridgehead atoms. The number of benzene rings is 1. The minimum Gasteiger partial charge on any atom is -0.371 e. The van der Waals surface area contributed by atoms with E-state index >= 15 is 0 Å². The molecule has 0 amide bonds. The van der Waals surface area contributed by atoms with Gasteiger partial charge in [0, 0.05) is 31.6 Å². The summed E-state index contributed by atoms with van der Waals surface area (Å²) >= 11 is 0. The van der Waals surface area contributed by atoms with Crippen LogP contribution < -0.4 is 16.3 Å². The number of ketones is 1. The molecule has 0 atom stereocenters. The third-order valence-electron chi connectivity index (χ3n) is 3.58. The Morgan fingerprint density at radius 2 is 1.71 bits per heavy atom. The fourth-order valence-corrected chi connectivity index (χ4v) is 2.41. The van der Waals surface area contributed by atoms with Gasteiger partial charge in [-0.2, -0.15) is 0 Å². The van der Waals surface area contributed by atoms with Gasteiger partial charge in [-0.1, -0.05) is 12.1 Å². The van der Waals surface area contributed by atoms with E-state index in [2.05, 4.69) is 4.90 Å². The molecule has 0 saturated carbocycles. The number of carbonyl (C=O) groups is 1. The first-order valence-corrected chi connectivity index (χ1v) is 6.78. The minimum atomic E-state index is -0.755. The van der Waals surface area contributed by atoms with Crippen molar-refractivity contribution in [3.05, 3.63) is 50.9 Å². The summed E-state index contributed by atoms with van der Waals surface area (Å²) in [7, 11) is 0. The third kappa shape index (κ3) is 2.96. The van der Waals surface area contributed by atoms with Gasteiger partial charge in [-0.05, 0) is 17.7 Å². The molecule has 1 aliphatic rings. The number of aromatic amines is 1. The number of H-pyrrole nitrogens is 1. The van der Waals surface area contributed by atoms with Gasteiger partial charge in [0.2, 0.25) is 0 Å². The minimum absolute atomic E-state index is 0.205. The van der Waals surface area contributed by atoms with Crippen LogP contribution in [0.3, 0.4) is 0 Å². The average Bonchev–Trinajstić information content (AvgIpc) is 2.79. The molecule has 1 saturated heterocycles. The number of carbonyl (C=O) groups excluding carboxylic acids is 1. The number of piperidine rings is 1. The lowest BCUT2D eigenvalue weighted by Crippen LogP contribution is -2.33. The summed E-state index contributed by atoms with van der Waals surface area (Å²) in [6, 6.07) is 7.65. The molecule has 0 aliphatic carbocycles. The monoisotopic (exact) mass is 289 g/mol. The van der Waals surface area contributed by atoms with Gasteiger partial charge in [0.05, 0.1) is 6.54 Å². The van der Waals surface area contributed by atoms with Crippen molar-refractivity contribution in [1.29, 1.82) is 0 Å². The molecule has 110 valence electrons. The topological polar surface area (TPSA) is 88.3 Å². The van der Waals surface area contributed by atoms with Crippen LogP contribution in [0.1, 0.15) is 18.4 Å². The Kier molecular flexibility index (Phi) is 3.47. The van der Waals surface area contributed by atoms with Crippen LogP contribution in [0.15, 0.2) is 38.4 Å². The molecule has 2 aromatic rings. The van der Waals surface area contributed by atoms with Gasteiger partial charge in [-0.3, -0.25) is 4.79 Å². The molecule has 0 radical (unpaired) electrons. The predicted molar refractivity (Wildman–Crippen MR) is 75.6 cm³/mol. The van der Waals surface area contributed by atoms with E-state index in [4.69, 9.17) is 4.52 Å². The summed E-state index contributed by atoms with van der Waals surface area (Å²) in [5.41, 5.74) is 1.35. The van der Waals surface area contributed by atoms with Crippen LogP contribution in [0.4, 0.5) is 5.69 Å². The van der Waals surface area contributed by atoms with E-state index in [1.54, 1.807) is 0 Å². The highest BCUT2D eigenvalue weighted by molar-refractivity contribution is 5.81. The highest BCUT2D eigenvalue weighted by Gasteiger charge is 2.16. The van der Waals surface area contributed by atoms with E-state index in [1.807, 2.05) is 29.2 Å². The van der Waals surface area contributed by atoms with Crippen LogP contribution in [0.25, 0.3) is 0 Å². The zero-order valence-corrected chi connectivity index (χ0v) is 11.4. The average molecular weight is 289 g/mol. The largest absolute Gasteiger partial charge is 0.440 e. The Morgan fingerprint density at radius 1 is 1.05 bits per heavy atom. The van der Waals surface area contributed by atoms with Crippen LogP contribution in [-0.2, 0) is 11.3 Å². The number of nitrogens with zero attached hydrogens (tertiary/aromatic N) is 2. The molecule has 3 rings (SSSR count). The lowest BCUT2D eigenvalue weighted by molar-refractivity contribution is -0.119. The SMILES string of the molecule is O=C1CCN(c2ccc(Cn3oc(=O)[nH]c3=O)cc2)CC1. The number of hydrogen-bond donors (Lipinski definition) is 1. The zero-order chi connectivity index (χ0) is 14.8. The Hall–Kier alpha value is -2.57. The first-order chi connectivity index (χ1) is 10.1. The Morgan fingerprint density at radius 3 is 2.29 bits per heavy atom. The molecule has 7 nitrogen and oxygen atoms in total. The molecule has 0 unspecified atom stereocenters. The van der Waals surface area contributed by atoms with Crippen LogP contribution in [0.5, 0.6) is 0 Å². The van der Waals surface area contributed by atoms with Crippen molar-refractivity contribution in [2.75, 3.05) is 18.0 Å². The second kappa shape index (κ2) is 5.43. The number of Topliss-reactive ketones (excluding diaryl/α,β-unsaturated/α-hetero) is 1. The maximum Gasteiger partial charge on any atom is 0.440 e. The quantitative estimate of drug-likeness (QED) is 0.880. The van der Waals surface area contributed by atoms with Crippen LogP contribution in [0, 0.1) is 0 Å². The summed E-state index contributed by atoms with van der Waals surface area (Å²) in [4.78, 5) is 37.7. The number of anilines is 1. The smallest absolute Gasteiger partial charge is 0.371 e. The van der Waals surface area contributed by atoms with Gasteiger partial charge in [-0.25, -0.2) is 14.6 Å². The standard InChI is InChI=1S/C14H15N3O4/c18-12-5-7-16(8-6-12)11-3-1-10(2-4-11)9-17-13(19)15-14(20)21-17/h1-4H,5-9H2,(H,15,19,20). The molecule has 1 N–H and O–H groups in total. The van der Waals surface area contributed by atoms with Crippen molar-refractivity contribution in [2.45, 2.75) is 19.4 Å². The molecule has 1 fully saturated rings. The summed E-state index contributed by atoms with van der Waals surface area (Å²) in [6.45, 7) is 1.69. The van der Waals surface area contributed by atoms with Crippen molar-refractivity contribution in [3.8, 4) is 0 Å². The molecule has 1 aliphatic heterocycles. The number of nitrogens with one attached hydrogen (secondary N) is 1. The van der Waals surface area contributed by atoms with Gasteiger partial charge >= 0.3 is 11.4 Å². The Bertz CT molecular complexity index is 744. The third-order valence-corrected chi connectivity index (χ3v) is 3.58. The predicted octanol–water partition coefficient (Wildman–Crippen LogP) is 0.347. The van der Waals surface area contributed by atoms with E-state index in [0.29, 0.717) is 18.6 Å². The van der Waals surface area contributed by atoms with Crippen molar-refractivity contribution in [1.82, 2.24) is 9.72 Å². The molecule has 7 heteroatoms. The maximum atomic E-state index is 11.4. The molecular formula is C14H15N3O4. The lowest BCUT2D eigenvalue weighted by atomic mass is 10.1. The van der Waals surface area contributed by atoms with Crippen LogP contribution in [0.2, 0.25) is 0 Å². The molecule has 0 spiro atoms. The normalized spacial score (nSPS) is 15.4. The van der Waals surface area contributed by atoms with Crippen LogP contribution >= 0.6 is 0 Å². The van der Waals surface area contributed by atoms with E-state index in [-0.39, 0.29) is 6.54 Å². The molecule has 1 aromatic carbocycles. The fraction of sp³-hybridized carbons (Fsp3) is 0.357. The van der Waals surface area contributed by atoms with Gasteiger partial charge in [0.1, 0.15) is 5.78 Å². The molecule has 2 heterocycles. The van der Waals surface area contributed by atoms with Crippen molar-refractivity contribution < 1.29 is 9.32 Å². The fourth-order valence-electron chi connectivity index (χ4n) is 2.41. The van der Waals surface area contributed by atoms with E-state index < -0.39 is 11.4 Å². The van der Waals surface area contributed by atoms with Gasteiger partial charge in [0.25, 0.3) is 0 Å². The first-order valence-electron chi connectivity index (χ1n) is 6.78. The summed E-state index contributed by atoms with van der Waals surface area (Å²) in [5.74, 6) is -0.445. The Balaban J connectivity index is 1.72. The number of aromatic nitrogens is 2. The molecule has 1 aromatic heterocycles.